The molecule has 0 amide bonds. The molecular weight excluding hydrogens is 569 g/mol. The minimum Gasteiger partial charge on any atom is -0.464 e. The SMILES string of the molecule is c1ccc(C2Cc3sc4ccccc4c3C3=C2NC(c2ccc(-n4c5ccccc5c5ccc6ccccc6c54)cc2)O3)cc1. The zero-order chi connectivity index (χ0) is 29.5. The third-order valence-electron chi connectivity index (χ3n) is 9.62. The Balaban J connectivity index is 1.07. The van der Waals surface area contributed by atoms with Gasteiger partial charge in [-0.3, -0.25) is 0 Å². The third-order valence-corrected chi connectivity index (χ3v) is 10.8. The van der Waals surface area contributed by atoms with Crippen molar-refractivity contribution in [2.45, 2.75) is 18.6 Å². The third kappa shape index (κ3) is 3.69. The summed E-state index contributed by atoms with van der Waals surface area (Å²) in [5.74, 6) is 1.24. The molecule has 214 valence electrons. The van der Waals surface area contributed by atoms with Gasteiger partial charge in [-0.25, -0.2) is 0 Å². The molecule has 1 N–H and O–H groups in total. The fraction of sp³-hybridized carbons (Fsp3) is 0.0732. The Morgan fingerprint density at radius 1 is 0.622 bits per heavy atom. The predicted molar refractivity (Wildman–Crippen MR) is 187 cm³/mol. The van der Waals surface area contributed by atoms with Crippen molar-refractivity contribution in [1.82, 2.24) is 9.88 Å². The summed E-state index contributed by atoms with van der Waals surface area (Å²) < 4.78 is 10.6. The molecule has 8 aromatic rings. The molecule has 2 unspecified atom stereocenters. The van der Waals surface area contributed by atoms with E-state index in [1.165, 1.54) is 64.4 Å². The van der Waals surface area contributed by atoms with Gasteiger partial charge in [-0.15, -0.1) is 11.3 Å². The zero-order valence-electron chi connectivity index (χ0n) is 24.4. The van der Waals surface area contributed by atoms with Crippen LogP contribution < -0.4 is 5.32 Å². The smallest absolute Gasteiger partial charge is 0.196 e. The fourth-order valence-corrected chi connectivity index (χ4v) is 8.81. The Hall–Kier alpha value is -5.32. The number of benzene rings is 6. The number of para-hydroxylation sites is 1. The molecule has 0 spiro atoms. The topological polar surface area (TPSA) is 26.2 Å². The van der Waals surface area contributed by atoms with Crippen LogP contribution in [0.1, 0.15) is 33.7 Å². The molecule has 10 rings (SSSR count). The number of allylic oxidation sites excluding steroid dienone is 1. The summed E-state index contributed by atoms with van der Waals surface area (Å²) in [6.45, 7) is 0. The van der Waals surface area contributed by atoms with Crippen LogP contribution in [0.25, 0.3) is 54.1 Å². The Morgan fingerprint density at radius 2 is 1.36 bits per heavy atom. The van der Waals surface area contributed by atoms with E-state index in [-0.39, 0.29) is 12.1 Å². The molecule has 2 aliphatic rings. The molecule has 4 heteroatoms. The number of hydrogen-bond donors (Lipinski definition) is 1. The van der Waals surface area contributed by atoms with Gasteiger partial charge in [-0.2, -0.15) is 0 Å². The first kappa shape index (κ1) is 25.1. The van der Waals surface area contributed by atoms with Crippen LogP contribution in [-0.2, 0) is 11.2 Å². The van der Waals surface area contributed by atoms with E-state index in [0.29, 0.717) is 0 Å². The number of ether oxygens (including phenoxy) is 1. The Kier molecular flexibility index (Phi) is 5.34. The van der Waals surface area contributed by atoms with E-state index in [0.717, 1.165) is 23.4 Å². The van der Waals surface area contributed by atoms with Crippen LogP contribution in [0.15, 0.2) is 145 Å². The number of nitrogens with zero attached hydrogens (tertiary/aromatic N) is 1. The van der Waals surface area contributed by atoms with Gasteiger partial charge in [-0.1, -0.05) is 115 Å². The lowest BCUT2D eigenvalue weighted by molar-refractivity contribution is 0.173. The molecule has 45 heavy (non-hydrogen) atoms. The average molecular weight is 597 g/mol. The van der Waals surface area contributed by atoms with Crippen LogP contribution in [0.4, 0.5) is 0 Å². The summed E-state index contributed by atoms with van der Waals surface area (Å²) in [4.78, 5) is 1.40. The normalized spacial score (nSPS) is 17.5. The van der Waals surface area contributed by atoms with Gasteiger partial charge in [0.1, 0.15) is 0 Å². The van der Waals surface area contributed by atoms with Crippen molar-refractivity contribution in [3.05, 3.63) is 167 Å². The highest BCUT2D eigenvalue weighted by molar-refractivity contribution is 7.19. The molecule has 3 heterocycles. The summed E-state index contributed by atoms with van der Waals surface area (Å²) in [7, 11) is 0. The highest BCUT2D eigenvalue weighted by Gasteiger charge is 2.39. The van der Waals surface area contributed by atoms with Crippen molar-refractivity contribution < 1.29 is 4.74 Å². The van der Waals surface area contributed by atoms with Crippen LogP contribution in [0.5, 0.6) is 0 Å². The van der Waals surface area contributed by atoms with Gasteiger partial charge >= 0.3 is 0 Å². The second kappa shape index (κ2) is 9.59. The average Bonchev–Trinajstić information content (AvgIpc) is 3.80. The lowest BCUT2D eigenvalue weighted by Crippen LogP contribution is -2.22. The first-order valence-electron chi connectivity index (χ1n) is 15.6. The van der Waals surface area contributed by atoms with E-state index >= 15 is 0 Å². The van der Waals surface area contributed by atoms with Crippen LogP contribution >= 0.6 is 11.3 Å². The van der Waals surface area contributed by atoms with Gasteiger partial charge in [-0.05, 0) is 41.6 Å². The fourth-order valence-electron chi connectivity index (χ4n) is 7.56. The molecule has 0 saturated heterocycles. The van der Waals surface area contributed by atoms with Crippen molar-refractivity contribution in [3.8, 4) is 5.69 Å². The highest BCUT2D eigenvalue weighted by atomic mass is 32.1. The maximum Gasteiger partial charge on any atom is 0.196 e. The van der Waals surface area contributed by atoms with E-state index in [2.05, 4.69) is 149 Å². The second-order valence-electron chi connectivity index (χ2n) is 12.1. The second-order valence-corrected chi connectivity index (χ2v) is 13.2. The monoisotopic (exact) mass is 596 g/mol. The maximum absolute atomic E-state index is 6.89. The largest absolute Gasteiger partial charge is 0.464 e. The minimum absolute atomic E-state index is 0.233. The molecule has 2 atom stereocenters. The van der Waals surface area contributed by atoms with E-state index in [9.17, 15) is 0 Å². The molecule has 3 nitrogen and oxygen atoms in total. The number of nitrogens with one attached hydrogen (secondary N) is 1. The molecule has 0 radical (unpaired) electrons. The molecule has 0 bridgehead atoms. The summed E-state index contributed by atoms with van der Waals surface area (Å²) in [5.41, 5.74) is 8.50. The lowest BCUT2D eigenvalue weighted by Gasteiger charge is -2.24. The lowest BCUT2D eigenvalue weighted by atomic mass is 9.85. The van der Waals surface area contributed by atoms with E-state index < -0.39 is 0 Å². The summed E-state index contributed by atoms with van der Waals surface area (Å²) in [6, 6.07) is 50.4. The highest BCUT2D eigenvalue weighted by Crippen LogP contribution is 2.50. The quantitative estimate of drug-likeness (QED) is 0.220. The van der Waals surface area contributed by atoms with Gasteiger partial charge in [0.2, 0.25) is 0 Å². The Labute approximate surface area is 264 Å². The number of fused-ring (bicyclic) bond motifs is 9. The number of thiophene rings is 1. The van der Waals surface area contributed by atoms with E-state index in [1.54, 1.807) is 0 Å². The maximum atomic E-state index is 6.89. The van der Waals surface area contributed by atoms with Crippen molar-refractivity contribution in [2.24, 2.45) is 0 Å². The van der Waals surface area contributed by atoms with Gasteiger partial charge in [0.05, 0.1) is 16.7 Å². The molecular formula is C41H28N2OS. The van der Waals surface area contributed by atoms with Crippen molar-refractivity contribution in [3.63, 3.8) is 0 Å². The van der Waals surface area contributed by atoms with Gasteiger partial charge in [0.15, 0.2) is 12.0 Å². The van der Waals surface area contributed by atoms with Crippen LogP contribution in [-0.4, -0.2) is 4.57 Å². The molecule has 1 aliphatic carbocycles. The molecule has 6 aromatic carbocycles. The van der Waals surface area contributed by atoms with Gasteiger partial charge in [0, 0.05) is 53.9 Å². The number of rotatable bonds is 3. The zero-order valence-corrected chi connectivity index (χ0v) is 25.2. The molecule has 1 aliphatic heterocycles. The first-order valence-corrected chi connectivity index (χ1v) is 16.4. The standard InChI is InChI=1S/C41H28N2OS/c1-2-10-25(11-3-1)33-24-36-37(32-15-7-9-17-35(32)45-36)40-38(33)42-41(44-40)27-18-21-28(22-19-27)43-34-16-8-6-14-30(34)31-23-20-26-12-4-5-13-29(26)39(31)43/h1-23,33,41-42H,24H2. The summed E-state index contributed by atoms with van der Waals surface area (Å²) in [5, 5.41) is 10.2. The van der Waals surface area contributed by atoms with Gasteiger partial charge in [0.25, 0.3) is 0 Å². The molecule has 0 fully saturated rings. The minimum atomic E-state index is -0.251. The number of aromatic nitrogens is 1. The Bertz CT molecular complexity index is 2470. The predicted octanol–water partition coefficient (Wildman–Crippen LogP) is 10.5. The van der Waals surface area contributed by atoms with Crippen molar-refractivity contribution in [2.75, 3.05) is 0 Å². The van der Waals surface area contributed by atoms with E-state index in [1.807, 2.05) is 11.3 Å². The van der Waals surface area contributed by atoms with Crippen LogP contribution in [0, 0.1) is 0 Å². The van der Waals surface area contributed by atoms with Crippen molar-refractivity contribution >= 4 is 59.8 Å². The van der Waals surface area contributed by atoms with Crippen LogP contribution in [0.3, 0.4) is 0 Å². The van der Waals surface area contributed by atoms with Crippen LogP contribution in [0.2, 0.25) is 0 Å². The van der Waals surface area contributed by atoms with E-state index in [4.69, 9.17) is 4.74 Å². The number of hydrogen-bond acceptors (Lipinski definition) is 3. The Morgan fingerprint density at radius 3 is 2.22 bits per heavy atom. The molecule has 0 saturated carbocycles. The summed E-state index contributed by atoms with van der Waals surface area (Å²) >= 11 is 1.90. The first-order chi connectivity index (χ1) is 22.3. The van der Waals surface area contributed by atoms with Gasteiger partial charge < -0.3 is 14.6 Å². The molecule has 2 aromatic heterocycles. The summed E-state index contributed by atoms with van der Waals surface area (Å²) in [6.07, 6.45) is 0.722. The van der Waals surface area contributed by atoms with Crippen molar-refractivity contribution in [1.29, 1.82) is 0 Å².